The van der Waals surface area contributed by atoms with Gasteiger partial charge in [0, 0.05) is 42.1 Å². The van der Waals surface area contributed by atoms with Crippen molar-refractivity contribution in [1.82, 2.24) is 4.98 Å². The summed E-state index contributed by atoms with van der Waals surface area (Å²) < 4.78 is 4.78. The van der Waals surface area contributed by atoms with E-state index in [2.05, 4.69) is 4.98 Å². The van der Waals surface area contributed by atoms with Crippen LogP contribution < -0.4 is 0 Å². The summed E-state index contributed by atoms with van der Waals surface area (Å²) in [5.74, 6) is -0.377. The van der Waals surface area contributed by atoms with Crippen LogP contribution in [-0.2, 0) is 9.53 Å². The third-order valence-electron chi connectivity index (χ3n) is 3.06. The molecule has 2 rings (SSSR count). The molecule has 0 radical (unpaired) electrons. The van der Waals surface area contributed by atoms with E-state index in [9.17, 15) is 14.9 Å². The van der Waals surface area contributed by atoms with Crippen molar-refractivity contribution < 1.29 is 14.5 Å². The quantitative estimate of drug-likeness (QED) is 0.383. The second kappa shape index (κ2) is 6.69. The van der Waals surface area contributed by atoms with Crippen LogP contribution in [0.3, 0.4) is 0 Å². The molecule has 0 atom stereocenters. The van der Waals surface area contributed by atoms with Crippen molar-refractivity contribution in [1.29, 1.82) is 0 Å². The van der Waals surface area contributed by atoms with Crippen molar-refractivity contribution in [3.8, 4) is 0 Å². The van der Waals surface area contributed by atoms with Gasteiger partial charge in [-0.05, 0) is 12.5 Å². The number of aromatic amines is 1. The van der Waals surface area contributed by atoms with E-state index >= 15 is 0 Å². The SMILES string of the molecule is CC(=O)OCCC/C(=C/c1c[nH]c2ccccc12)[N+](=O)[O-]. The summed E-state index contributed by atoms with van der Waals surface area (Å²) in [7, 11) is 0. The van der Waals surface area contributed by atoms with Gasteiger partial charge in [-0.2, -0.15) is 0 Å². The first-order valence-electron chi connectivity index (χ1n) is 6.62. The van der Waals surface area contributed by atoms with Crippen LogP contribution in [0.2, 0.25) is 0 Å². The van der Waals surface area contributed by atoms with Gasteiger partial charge in [-0.3, -0.25) is 14.9 Å². The third kappa shape index (κ3) is 3.92. The Hall–Kier alpha value is -2.63. The molecule has 0 amide bonds. The number of hydrogen-bond donors (Lipinski definition) is 1. The number of carbonyl (C=O) groups is 1. The number of fused-ring (bicyclic) bond motifs is 1. The van der Waals surface area contributed by atoms with Gasteiger partial charge in [-0.1, -0.05) is 18.2 Å². The zero-order valence-electron chi connectivity index (χ0n) is 11.7. The molecule has 21 heavy (non-hydrogen) atoms. The second-order valence-corrected chi connectivity index (χ2v) is 4.63. The Morgan fingerprint density at radius 3 is 2.90 bits per heavy atom. The lowest BCUT2D eigenvalue weighted by Gasteiger charge is -2.01. The number of para-hydroxylation sites is 1. The Morgan fingerprint density at radius 1 is 1.43 bits per heavy atom. The van der Waals surface area contributed by atoms with Crippen LogP contribution in [-0.4, -0.2) is 22.5 Å². The molecule has 6 nitrogen and oxygen atoms in total. The fraction of sp³-hybridized carbons (Fsp3) is 0.267. The monoisotopic (exact) mass is 288 g/mol. The number of nitro groups is 1. The van der Waals surface area contributed by atoms with E-state index in [1.165, 1.54) is 6.92 Å². The van der Waals surface area contributed by atoms with Gasteiger partial charge in [0.2, 0.25) is 5.70 Å². The van der Waals surface area contributed by atoms with E-state index < -0.39 is 4.92 Å². The molecule has 0 aliphatic carbocycles. The summed E-state index contributed by atoms with van der Waals surface area (Å²) >= 11 is 0. The minimum absolute atomic E-state index is 0.104. The number of benzene rings is 1. The van der Waals surface area contributed by atoms with E-state index in [0.717, 1.165) is 16.5 Å². The molecule has 1 heterocycles. The molecule has 0 aliphatic rings. The summed E-state index contributed by atoms with van der Waals surface area (Å²) in [6.07, 6.45) is 3.99. The normalized spacial score (nSPS) is 11.6. The second-order valence-electron chi connectivity index (χ2n) is 4.63. The summed E-state index contributed by atoms with van der Waals surface area (Å²) in [6, 6.07) is 7.62. The zero-order valence-corrected chi connectivity index (χ0v) is 11.7. The van der Waals surface area contributed by atoms with E-state index in [1.54, 1.807) is 12.3 Å². The smallest absolute Gasteiger partial charge is 0.302 e. The predicted molar refractivity (Wildman–Crippen MR) is 79.1 cm³/mol. The number of esters is 1. The maximum Gasteiger partial charge on any atom is 0.302 e. The molecule has 0 saturated heterocycles. The predicted octanol–water partition coefficient (Wildman–Crippen LogP) is 3.13. The zero-order chi connectivity index (χ0) is 15.2. The van der Waals surface area contributed by atoms with Crippen molar-refractivity contribution in [3.05, 3.63) is 51.8 Å². The largest absolute Gasteiger partial charge is 0.466 e. The lowest BCUT2D eigenvalue weighted by Crippen LogP contribution is -2.04. The van der Waals surface area contributed by atoms with Crippen LogP contribution in [0.5, 0.6) is 0 Å². The topological polar surface area (TPSA) is 85.2 Å². The van der Waals surface area contributed by atoms with Crippen molar-refractivity contribution in [2.75, 3.05) is 6.61 Å². The molecule has 0 bridgehead atoms. The molecule has 0 saturated carbocycles. The summed E-state index contributed by atoms with van der Waals surface area (Å²) in [5, 5.41) is 12.1. The van der Waals surface area contributed by atoms with Gasteiger partial charge < -0.3 is 9.72 Å². The van der Waals surface area contributed by atoms with Crippen LogP contribution >= 0.6 is 0 Å². The average molecular weight is 288 g/mol. The van der Waals surface area contributed by atoms with E-state index in [0.29, 0.717) is 6.42 Å². The fourth-order valence-corrected chi connectivity index (χ4v) is 2.08. The van der Waals surface area contributed by atoms with E-state index in [-0.39, 0.29) is 24.7 Å². The number of nitrogens with one attached hydrogen (secondary N) is 1. The van der Waals surface area contributed by atoms with Gasteiger partial charge in [0.05, 0.1) is 11.5 Å². The van der Waals surface area contributed by atoms with Crippen molar-refractivity contribution in [3.63, 3.8) is 0 Å². The first kappa shape index (κ1) is 14.8. The molecule has 1 aromatic heterocycles. The van der Waals surface area contributed by atoms with Gasteiger partial charge in [0.15, 0.2) is 0 Å². The van der Waals surface area contributed by atoms with E-state index in [4.69, 9.17) is 4.74 Å². The van der Waals surface area contributed by atoms with Crippen molar-refractivity contribution in [2.45, 2.75) is 19.8 Å². The highest BCUT2D eigenvalue weighted by Gasteiger charge is 2.12. The number of aromatic nitrogens is 1. The molecule has 0 unspecified atom stereocenters. The molecule has 2 aromatic rings. The van der Waals surface area contributed by atoms with Crippen LogP contribution in [0, 0.1) is 10.1 Å². The molecule has 6 heteroatoms. The first-order chi connectivity index (χ1) is 10.1. The van der Waals surface area contributed by atoms with Gasteiger partial charge in [-0.25, -0.2) is 0 Å². The number of hydrogen-bond acceptors (Lipinski definition) is 4. The van der Waals surface area contributed by atoms with Gasteiger partial charge in [0.1, 0.15) is 0 Å². The van der Waals surface area contributed by atoms with Crippen LogP contribution in [0.1, 0.15) is 25.3 Å². The number of ether oxygens (including phenoxy) is 1. The highest BCUT2D eigenvalue weighted by molar-refractivity contribution is 5.88. The minimum atomic E-state index is -0.393. The lowest BCUT2D eigenvalue weighted by molar-refractivity contribution is -0.426. The maximum absolute atomic E-state index is 11.1. The van der Waals surface area contributed by atoms with E-state index in [1.807, 2.05) is 24.3 Å². The Morgan fingerprint density at radius 2 is 2.19 bits per heavy atom. The number of rotatable bonds is 6. The van der Waals surface area contributed by atoms with Crippen molar-refractivity contribution in [2.24, 2.45) is 0 Å². The van der Waals surface area contributed by atoms with Gasteiger partial charge in [0.25, 0.3) is 0 Å². The standard InChI is InChI=1S/C15H16N2O4/c1-11(18)21-8-4-5-13(17(19)20)9-12-10-16-15-7-3-2-6-14(12)15/h2-3,6-7,9-10,16H,4-5,8H2,1H3/b13-9-. The molecule has 0 aliphatic heterocycles. The molecular formula is C15H16N2O4. The molecular weight excluding hydrogens is 272 g/mol. The average Bonchev–Trinajstić information content (AvgIpc) is 2.85. The number of allylic oxidation sites excluding steroid dienone is 1. The third-order valence-corrected chi connectivity index (χ3v) is 3.06. The first-order valence-corrected chi connectivity index (χ1v) is 6.62. The Kier molecular flexibility index (Phi) is 4.71. The highest BCUT2D eigenvalue weighted by Crippen LogP contribution is 2.21. The molecule has 0 spiro atoms. The highest BCUT2D eigenvalue weighted by atomic mass is 16.6. The summed E-state index contributed by atoms with van der Waals surface area (Å²) in [5.41, 5.74) is 1.82. The van der Waals surface area contributed by atoms with Crippen LogP contribution in [0.25, 0.3) is 17.0 Å². The summed E-state index contributed by atoms with van der Waals surface area (Å²) in [4.78, 5) is 24.4. The van der Waals surface area contributed by atoms with Crippen molar-refractivity contribution >= 4 is 22.9 Å². The van der Waals surface area contributed by atoms with Crippen LogP contribution in [0.4, 0.5) is 0 Å². The van der Waals surface area contributed by atoms with Gasteiger partial charge >= 0.3 is 5.97 Å². The number of nitrogens with zero attached hydrogens (tertiary/aromatic N) is 1. The minimum Gasteiger partial charge on any atom is -0.466 e. The molecule has 1 aromatic carbocycles. The lowest BCUT2D eigenvalue weighted by atomic mass is 10.1. The Balaban J connectivity index is 2.13. The maximum atomic E-state index is 11.1. The van der Waals surface area contributed by atoms with Gasteiger partial charge in [-0.15, -0.1) is 0 Å². The van der Waals surface area contributed by atoms with Crippen LogP contribution in [0.15, 0.2) is 36.2 Å². The molecule has 110 valence electrons. The Bertz CT molecular complexity index is 688. The number of H-pyrrole nitrogens is 1. The molecule has 0 fully saturated rings. The Labute approximate surface area is 121 Å². The summed E-state index contributed by atoms with van der Waals surface area (Å²) in [6.45, 7) is 1.50. The fourth-order valence-electron chi connectivity index (χ4n) is 2.08. The number of carbonyl (C=O) groups excluding carboxylic acids is 1. The molecule has 1 N–H and O–H groups in total.